The molecule has 0 saturated heterocycles. The van der Waals surface area contributed by atoms with E-state index in [2.05, 4.69) is 10.6 Å². The van der Waals surface area contributed by atoms with Crippen LogP contribution >= 0.6 is 0 Å². The number of fused-ring (bicyclic) bond motifs is 1. The van der Waals surface area contributed by atoms with Gasteiger partial charge in [0.15, 0.2) is 0 Å². The monoisotopic (exact) mass is 252 g/mol. The minimum Gasteiger partial charge on any atom is -0.384 e. The van der Waals surface area contributed by atoms with Crippen LogP contribution in [0.5, 0.6) is 0 Å². The van der Waals surface area contributed by atoms with E-state index in [1.54, 1.807) is 6.26 Å². The molecule has 0 fully saturated rings. The smallest absolute Gasteiger partial charge is 0.251 e. The van der Waals surface area contributed by atoms with Gasteiger partial charge in [0.1, 0.15) is 0 Å². The van der Waals surface area contributed by atoms with Gasteiger partial charge >= 0.3 is 0 Å². The molecule has 0 saturated carbocycles. The fourth-order valence-electron chi connectivity index (χ4n) is 1.86. The summed E-state index contributed by atoms with van der Waals surface area (Å²) in [6.07, 6.45) is 2.60. The largest absolute Gasteiger partial charge is 0.384 e. The van der Waals surface area contributed by atoms with Gasteiger partial charge in [-0.15, -0.1) is 0 Å². The first-order chi connectivity index (χ1) is 8.16. The number of benzene rings is 1. The number of hydrogen-bond donors (Lipinski definition) is 2. The first-order valence-electron chi connectivity index (χ1n) is 5.62. The molecule has 92 valence electrons. The van der Waals surface area contributed by atoms with Crippen LogP contribution < -0.4 is 10.6 Å². The molecule has 17 heavy (non-hydrogen) atoms. The second kappa shape index (κ2) is 5.31. The Bertz CT molecular complexity index is 460. The van der Waals surface area contributed by atoms with Gasteiger partial charge in [0, 0.05) is 47.1 Å². The molecule has 1 aliphatic heterocycles. The van der Waals surface area contributed by atoms with Crippen molar-refractivity contribution in [2.75, 3.05) is 30.4 Å². The summed E-state index contributed by atoms with van der Waals surface area (Å²) in [5.41, 5.74) is 2.99. The van der Waals surface area contributed by atoms with Gasteiger partial charge in [0.25, 0.3) is 5.91 Å². The zero-order valence-corrected chi connectivity index (χ0v) is 10.6. The molecule has 0 radical (unpaired) electrons. The molecule has 1 heterocycles. The lowest BCUT2D eigenvalue weighted by atomic mass is 10.1. The first-order valence-corrected chi connectivity index (χ1v) is 7.34. The average molecular weight is 252 g/mol. The minimum atomic E-state index is -0.863. The Morgan fingerprint density at radius 2 is 2.35 bits per heavy atom. The number of anilines is 1. The number of amides is 1. The maximum atomic E-state index is 11.8. The van der Waals surface area contributed by atoms with E-state index in [1.165, 1.54) is 5.56 Å². The number of nitrogens with one attached hydrogen (secondary N) is 2. The van der Waals surface area contributed by atoms with Crippen LogP contribution in [0.25, 0.3) is 0 Å². The fraction of sp³-hybridized carbons (Fsp3) is 0.417. The van der Waals surface area contributed by atoms with Gasteiger partial charge in [-0.05, 0) is 30.2 Å². The summed E-state index contributed by atoms with van der Waals surface area (Å²) in [5.74, 6) is 0.406. The minimum absolute atomic E-state index is 0.0925. The van der Waals surface area contributed by atoms with Gasteiger partial charge in [0.2, 0.25) is 0 Å². The highest BCUT2D eigenvalue weighted by atomic mass is 32.2. The normalized spacial score (nSPS) is 14.9. The quantitative estimate of drug-likeness (QED) is 0.832. The molecule has 1 aromatic carbocycles. The second-order valence-electron chi connectivity index (χ2n) is 4.08. The Labute approximate surface area is 103 Å². The third-order valence-corrected chi connectivity index (χ3v) is 3.53. The SMILES string of the molecule is CS(=O)CCNC(=O)c1ccc2c(c1)CCN2. The Morgan fingerprint density at radius 1 is 1.53 bits per heavy atom. The van der Waals surface area contributed by atoms with Gasteiger partial charge < -0.3 is 10.6 Å². The topological polar surface area (TPSA) is 58.2 Å². The summed E-state index contributed by atoms with van der Waals surface area (Å²) in [6.45, 7) is 1.40. The van der Waals surface area contributed by atoms with E-state index in [-0.39, 0.29) is 5.91 Å². The molecule has 5 heteroatoms. The van der Waals surface area contributed by atoms with Crippen LogP contribution in [0.1, 0.15) is 15.9 Å². The van der Waals surface area contributed by atoms with Crippen molar-refractivity contribution in [3.8, 4) is 0 Å². The molecule has 1 aromatic rings. The van der Waals surface area contributed by atoms with Crippen molar-refractivity contribution in [3.63, 3.8) is 0 Å². The van der Waals surface area contributed by atoms with Crippen molar-refractivity contribution >= 4 is 22.4 Å². The van der Waals surface area contributed by atoms with E-state index < -0.39 is 10.8 Å². The first kappa shape index (κ1) is 12.1. The van der Waals surface area contributed by atoms with Gasteiger partial charge in [0.05, 0.1) is 0 Å². The molecular formula is C12H16N2O2S. The molecule has 2 N–H and O–H groups in total. The molecule has 0 bridgehead atoms. The summed E-state index contributed by atoms with van der Waals surface area (Å²) in [4.78, 5) is 11.8. The maximum absolute atomic E-state index is 11.8. The van der Waals surface area contributed by atoms with Crippen LogP contribution in [0.2, 0.25) is 0 Å². The number of carbonyl (C=O) groups is 1. The van der Waals surface area contributed by atoms with Gasteiger partial charge in [-0.3, -0.25) is 9.00 Å². The van der Waals surface area contributed by atoms with Crippen LogP contribution in [0.15, 0.2) is 18.2 Å². The molecule has 0 aromatic heterocycles. The van der Waals surface area contributed by atoms with Crippen LogP contribution in [0.4, 0.5) is 5.69 Å². The van der Waals surface area contributed by atoms with E-state index in [1.807, 2.05) is 18.2 Å². The number of hydrogen-bond acceptors (Lipinski definition) is 3. The summed E-state index contributed by atoms with van der Waals surface area (Å²) >= 11 is 0. The Balaban J connectivity index is 1.97. The summed E-state index contributed by atoms with van der Waals surface area (Å²) in [5, 5.41) is 6.02. The van der Waals surface area contributed by atoms with Crippen LogP contribution in [0.3, 0.4) is 0 Å². The Kier molecular flexibility index (Phi) is 3.78. The Morgan fingerprint density at radius 3 is 3.12 bits per heavy atom. The highest BCUT2D eigenvalue weighted by Gasteiger charge is 2.13. The average Bonchev–Trinajstić information content (AvgIpc) is 2.75. The molecule has 1 unspecified atom stereocenters. The van der Waals surface area contributed by atoms with Crippen molar-refractivity contribution in [2.24, 2.45) is 0 Å². The van der Waals surface area contributed by atoms with Crippen molar-refractivity contribution in [1.82, 2.24) is 5.32 Å². The van der Waals surface area contributed by atoms with Gasteiger partial charge in [-0.1, -0.05) is 0 Å². The van der Waals surface area contributed by atoms with Crippen LogP contribution in [-0.4, -0.2) is 35.2 Å². The summed E-state index contributed by atoms with van der Waals surface area (Å²) in [6, 6.07) is 5.68. The predicted molar refractivity (Wildman–Crippen MR) is 69.9 cm³/mol. The van der Waals surface area contributed by atoms with Crippen LogP contribution in [-0.2, 0) is 17.2 Å². The third-order valence-electron chi connectivity index (χ3n) is 2.75. The molecule has 4 nitrogen and oxygen atoms in total. The van der Waals surface area contributed by atoms with Crippen molar-refractivity contribution in [3.05, 3.63) is 29.3 Å². The molecule has 1 aliphatic rings. The fourth-order valence-corrected chi connectivity index (χ4v) is 2.25. The number of carbonyl (C=O) groups excluding carboxylic acids is 1. The lowest BCUT2D eigenvalue weighted by Crippen LogP contribution is -2.27. The molecule has 0 spiro atoms. The lowest BCUT2D eigenvalue weighted by molar-refractivity contribution is 0.0956. The molecule has 2 rings (SSSR count). The summed E-state index contributed by atoms with van der Waals surface area (Å²) in [7, 11) is -0.863. The van der Waals surface area contributed by atoms with Crippen molar-refractivity contribution in [1.29, 1.82) is 0 Å². The molecule has 0 aliphatic carbocycles. The highest BCUT2D eigenvalue weighted by molar-refractivity contribution is 7.84. The molecular weight excluding hydrogens is 236 g/mol. The third kappa shape index (κ3) is 3.06. The second-order valence-corrected chi connectivity index (χ2v) is 5.64. The van der Waals surface area contributed by atoms with E-state index in [0.29, 0.717) is 17.9 Å². The van der Waals surface area contributed by atoms with E-state index in [0.717, 1.165) is 18.7 Å². The van der Waals surface area contributed by atoms with Gasteiger partial charge in [-0.25, -0.2) is 0 Å². The molecule has 1 atom stereocenters. The standard InChI is InChI=1S/C12H16N2O2S/c1-17(16)7-6-14-12(15)10-2-3-11-9(8-10)4-5-13-11/h2-3,8,13H,4-7H2,1H3,(H,14,15). The highest BCUT2D eigenvalue weighted by Crippen LogP contribution is 2.22. The number of rotatable bonds is 4. The van der Waals surface area contributed by atoms with Crippen LogP contribution in [0, 0.1) is 0 Å². The zero-order chi connectivity index (χ0) is 12.3. The Hall–Kier alpha value is -1.36. The van der Waals surface area contributed by atoms with E-state index >= 15 is 0 Å². The van der Waals surface area contributed by atoms with Crippen molar-refractivity contribution in [2.45, 2.75) is 6.42 Å². The molecule has 1 amide bonds. The summed E-state index contributed by atoms with van der Waals surface area (Å²) < 4.78 is 10.9. The lowest BCUT2D eigenvalue weighted by Gasteiger charge is -2.06. The maximum Gasteiger partial charge on any atom is 0.251 e. The van der Waals surface area contributed by atoms with Gasteiger partial charge in [-0.2, -0.15) is 0 Å². The van der Waals surface area contributed by atoms with E-state index in [9.17, 15) is 9.00 Å². The predicted octanol–water partition coefficient (Wildman–Crippen LogP) is 0.763. The van der Waals surface area contributed by atoms with Crippen molar-refractivity contribution < 1.29 is 9.00 Å². The van der Waals surface area contributed by atoms with E-state index in [4.69, 9.17) is 0 Å². The zero-order valence-electron chi connectivity index (χ0n) is 9.79.